The summed E-state index contributed by atoms with van der Waals surface area (Å²) in [5.41, 5.74) is 2.64. The Hall–Kier alpha value is -2.51. The summed E-state index contributed by atoms with van der Waals surface area (Å²) in [6.07, 6.45) is 1.87. The van der Waals surface area contributed by atoms with Crippen LogP contribution in [0, 0.1) is 12.7 Å². The molecule has 0 unspecified atom stereocenters. The van der Waals surface area contributed by atoms with Crippen LogP contribution in [0.2, 0.25) is 0 Å². The van der Waals surface area contributed by atoms with Crippen LogP contribution in [0.5, 0.6) is 0 Å². The van der Waals surface area contributed by atoms with Crippen molar-refractivity contribution in [1.29, 1.82) is 0 Å². The maximum Gasteiger partial charge on any atom is 0.224 e. The van der Waals surface area contributed by atoms with Gasteiger partial charge in [0.2, 0.25) is 9.84 Å². The molecule has 0 aliphatic rings. The molecule has 3 aromatic heterocycles. The average molecular weight is 386 g/mol. The third-order valence-corrected chi connectivity index (χ3v) is 7.13. The van der Waals surface area contributed by atoms with Gasteiger partial charge in [0.1, 0.15) is 5.82 Å². The number of aromatic nitrogens is 2. The molecule has 3 heterocycles. The minimum Gasteiger partial charge on any atom is -0.358 e. The summed E-state index contributed by atoms with van der Waals surface area (Å²) in [6, 6.07) is 11.0. The van der Waals surface area contributed by atoms with E-state index < -0.39 is 9.84 Å². The highest BCUT2D eigenvalue weighted by Crippen LogP contribution is 2.32. The van der Waals surface area contributed by atoms with Crippen LogP contribution in [0.1, 0.15) is 16.1 Å². The number of hydrogen-bond acceptors (Lipinski definition) is 4. The Labute approximate surface area is 154 Å². The molecular formula is C19H15FN2O2S2. The summed E-state index contributed by atoms with van der Waals surface area (Å²) in [4.78, 5) is 8.19. The van der Waals surface area contributed by atoms with Crippen LogP contribution in [-0.2, 0) is 16.3 Å². The van der Waals surface area contributed by atoms with E-state index >= 15 is 0 Å². The standard InChI is InChI=1S/C19H15FN2O2S2/c1-12-14(15-10-13(20)5-6-16(15)22-12)11-17-18(7-9-25-17)26(23,24)19-4-2-3-8-21-19/h2-10,22H,11H2,1H3. The molecule has 4 rings (SSSR count). The Morgan fingerprint density at radius 1 is 1.19 bits per heavy atom. The molecule has 0 fully saturated rings. The van der Waals surface area contributed by atoms with Gasteiger partial charge in [-0.15, -0.1) is 11.3 Å². The minimum absolute atomic E-state index is 0.0290. The first-order valence-corrected chi connectivity index (χ1v) is 10.3. The SMILES string of the molecule is Cc1[nH]c2ccc(F)cc2c1Cc1sccc1S(=O)(=O)c1ccccn1. The van der Waals surface area contributed by atoms with Gasteiger partial charge in [-0.2, -0.15) is 0 Å². The van der Waals surface area contributed by atoms with Crippen LogP contribution < -0.4 is 0 Å². The molecule has 0 bridgehead atoms. The zero-order valence-electron chi connectivity index (χ0n) is 13.9. The lowest BCUT2D eigenvalue weighted by molar-refractivity contribution is 0.592. The van der Waals surface area contributed by atoms with Gasteiger partial charge in [-0.3, -0.25) is 0 Å². The normalized spacial score (nSPS) is 11.9. The third-order valence-electron chi connectivity index (χ3n) is 4.33. The molecule has 26 heavy (non-hydrogen) atoms. The first-order chi connectivity index (χ1) is 12.5. The highest BCUT2D eigenvalue weighted by Gasteiger charge is 2.24. The summed E-state index contributed by atoms with van der Waals surface area (Å²) in [7, 11) is -3.69. The van der Waals surface area contributed by atoms with Gasteiger partial charge in [0.05, 0.1) is 4.90 Å². The van der Waals surface area contributed by atoms with Gasteiger partial charge in [0.15, 0.2) is 5.03 Å². The number of aromatic amines is 1. The van der Waals surface area contributed by atoms with Crippen molar-refractivity contribution < 1.29 is 12.8 Å². The molecule has 7 heteroatoms. The van der Waals surface area contributed by atoms with Gasteiger partial charge >= 0.3 is 0 Å². The molecule has 0 atom stereocenters. The molecular weight excluding hydrogens is 371 g/mol. The van der Waals surface area contributed by atoms with E-state index in [1.54, 1.807) is 29.6 Å². The second-order valence-corrected chi connectivity index (χ2v) is 8.84. The lowest BCUT2D eigenvalue weighted by atomic mass is 10.1. The molecule has 1 N–H and O–H groups in total. The second-order valence-electron chi connectivity index (χ2n) is 5.97. The number of halogens is 1. The molecule has 132 valence electrons. The van der Waals surface area contributed by atoms with E-state index in [9.17, 15) is 12.8 Å². The Kier molecular flexibility index (Phi) is 4.13. The van der Waals surface area contributed by atoms with Crippen molar-refractivity contribution in [2.24, 2.45) is 0 Å². The summed E-state index contributed by atoms with van der Waals surface area (Å²) in [5.74, 6) is -0.315. The lowest BCUT2D eigenvalue weighted by Crippen LogP contribution is -2.05. The second kappa shape index (κ2) is 6.34. The van der Waals surface area contributed by atoms with Crippen molar-refractivity contribution in [3.05, 3.63) is 76.0 Å². The molecule has 0 radical (unpaired) electrons. The topological polar surface area (TPSA) is 62.8 Å². The number of aryl methyl sites for hydroxylation is 1. The first-order valence-electron chi connectivity index (χ1n) is 7.96. The molecule has 0 saturated heterocycles. The van der Waals surface area contributed by atoms with Gasteiger partial charge < -0.3 is 4.98 Å². The smallest absolute Gasteiger partial charge is 0.224 e. The molecule has 0 amide bonds. The largest absolute Gasteiger partial charge is 0.358 e. The number of hydrogen-bond donors (Lipinski definition) is 1. The Bertz CT molecular complexity index is 1190. The number of sulfone groups is 1. The van der Waals surface area contributed by atoms with Crippen molar-refractivity contribution in [3.8, 4) is 0 Å². The van der Waals surface area contributed by atoms with E-state index in [4.69, 9.17) is 0 Å². The molecule has 1 aromatic carbocycles. The van der Waals surface area contributed by atoms with Crippen molar-refractivity contribution in [3.63, 3.8) is 0 Å². The first kappa shape index (κ1) is 16.9. The van der Waals surface area contributed by atoms with Crippen LogP contribution in [-0.4, -0.2) is 18.4 Å². The van der Waals surface area contributed by atoms with E-state index in [0.29, 0.717) is 11.3 Å². The van der Waals surface area contributed by atoms with Crippen LogP contribution in [0.4, 0.5) is 4.39 Å². The van der Waals surface area contributed by atoms with Crippen LogP contribution in [0.3, 0.4) is 0 Å². The van der Waals surface area contributed by atoms with Crippen LogP contribution >= 0.6 is 11.3 Å². The van der Waals surface area contributed by atoms with Crippen molar-refractivity contribution in [2.75, 3.05) is 0 Å². The summed E-state index contributed by atoms with van der Waals surface area (Å²) >= 11 is 1.38. The lowest BCUT2D eigenvalue weighted by Gasteiger charge is -2.06. The fraction of sp³-hybridized carbons (Fsp3) is 0.105. The van der Waals surface area contributed by atoms with E-state index in [1.807, 2.05) is 6.92 Å². The average Bonchev–Trinajstić information content (AvgIpc) is 3.22. The zero-order valence-corrected chi connectivity index (χ0v) is 15.5. The number of H-pyrrole nitrogens is 1. The van der Waals surface area contributed by atoms with E-state index in [1.165, 1.54) is 35.7 Å². The molecule has 0 aliphatic carbocycles. The number of nitrogens with zero attached hydrogens (tertiary/aromatic N) is 1. The molecule has 4 aromatic rings. The van der Waals surface area contributed by atoms with Gasteiger partial charge in [-0.25, -0.2) is 17.8 Å². The van der Waals surface area contributed by atoms with Crippen LogP contribution in [0.15, 0.2) is 64.0 Å². The summed E-state index contributed by atoms with van der Waals surface area (Å²) in [6.45, 7) is 1.91. The highest BCUT2D eigenvalue weighted by atomic mass is 32.2. The maximum atomic E-state index is 13.7. The Balaban J connectivity index is 1.80. The maximum absolute atomic E-state index is 13.7. The summed E-state index contributed by atoms with van der Waals surface area (Å²) in [5, 5.41) is 2.56. The van der Waals surface area contributed by atoms with E-state index in [-0.39, 0.29) is 15.7 Å². The monoisotopic (exact) mass is 386 g/mol. The predicted molar refractivity (Wildman–Crippen MR) is 99.8 cm³/mol. The fourth-order valence-electron chi connectivity index (χ4n) is 3.06. The number of rotatable bonds is 4. The number of fused-ring (bicyclic) bond motifs is 1. The Morgan fingerprint density at radius 3 is 2.81 bits per heavy atom. The molecule has 0 saturated carbocycles. The fourth-order valence-corrected chi connectivity index (χ4v) is 5.70. The van der Waals surface area contributed by atoms with E-state index in [0.717, 1.165) is 22.2 Å². The van der Waals surface area contributed by atoms with E-state index in [2.05, 4.69) is 9.97 Å². The minimum atomic E-state index is -3.69. The van der Waals surface area contributed by atoms with Gasteiger partial charge in [0.25, 0.3) is 0 Å². The summed E-state index contributed by atoms with van der Waals surface area (Å²) < 4.78 is 39.5. The van der Waals surface area contributed by atoms with Gasteiger partial charge in [-0.1, -0.05) is 6.07 Å². The molecule has 0 spiro atoms. The van der Waals surface area contributed by atoms with Gasteiger partial charge in [0, 0.05) is 34.1 Å². The molecule has 0 aliphatic heterocycles. The van der Waals surface area contributed by atoms with Crippen molar-refractivity contribution in [1.82, 2.24) is 9.97 Å². The number of nitrogens with one attached hydrogen (secondary N) is 1. The van der Waals surface area contributed by atoms with Crippen molar-refractivity contribution in [2.45, 2.75) is 23.3 Å². The highest BCUT2D eigenvalue weighted by molar-refractivity contribution is 7.91. The quantitative estimate of drug-likeness (QED) is 0.562. The number of benzene rings is 1. The number of thiophene rings is 1. The predicted octanol–water partition coefficient (Wildman–Crippen LogP) is 4.50. The third kappa shape index (κ3) is 2.83. The van der Waals surface area contributed by atoms with Gasteiger partial charge in [-0.05, 0) is 54.3 Å². The Morgan fingerprint density at radius 2 is 2.04 bits per heavy atom. The zero-order chi connectivity index (χ0) is 18.3. The van der Waals surface area contributed by atoms with Crippen LogP contribution in [0.25, 0.3) is 10.9 Å². The number of pyridine rings is 1. The van der Waals surface area contributed by atoms with Crippen molar-refractivity contribution >= 4 is 32.1 Å². The molecule has 4 nitrogen and oxygen atoms in total.